The number of aromatic nitrogens is 1. The molecule has 10 heteroatoms. The molecular weight excluding hydrogens is 496 g/mol. The van der Waals surface area contributed by atoms with Gasteiger partial charge in [0.2, 0.25) is 0 Å². The Morgan fingerprint density at radius 2 is 1.67 bits per heavy atom. The third-order valence-electron chi connectivity index (χ3n) is 6.30. The zero-order chi connectivity index (χ0) is 25.3. The lowest BCUT2D eigenvalue weighted by molar-refractivity contribution is 0.0746. The number of rotatable bonds is 6. The summed E-state index contributed by atoms with van der Waals surface area (Å²) < 4.78 is 33.6. The Hall–Kier alpha value is -3.63. The molecule has 0 atom stereocenters. The lowest BCUT2D eigenvalue weighted by atomic mass is 10.2. The Bertz CT molecular complexity index is 1480. The van der Waals surface area contributed by atoms with Gasteiger partial charge in [-0.25, -0.2) is 13.4 Å². The minimum Gasteiger partial charge on any atom is -0.497 e. The molecule has 0 radical (unpaired) electrons. The van der Waals surface area contributed by atoms with Crippen LogP contribution < -0.4 is 13.9 Å². The summed E-state index contributed by atoms with van der Waals surface area (Å²) in [7, 11) is -0.558. The van der Waals surface area contributed by atoms with E-state index < -0.39 is 10.0 Å². The van der Waals surface area contributed by atoms with Crippen LogP contribution in [0, 0.1) is 0 Å². The first-order valence-corrected chi connectivity index (χ1v) is 13.8. The number of benzene rings is 3. The Labute approximate surface area is 214 Å². The number of anilines is 2. The third-order valence-corrected chi connectivity index (χ3v) is 9.18. The lowest BCUT2D eigenvalue weighted by Gasteiger charge is -2.34. The van der Waals surface area contributed by atoms with Gasteiger partial charge in [0.25, 0.3) is 15.9 Å². The minimum absolute atomic E-state index is 0.107. The number of amides is 1. The quantitative estimate of drug-likeness (QED) is 0.379. The van der Waals surface area contributed by atoms with E-state index in [0.717, 1.165) is 21.1 Å². The number of para-hydroxylation sites is 1. The maximum atomic E-state index is 13.1. The van der Waals surface area contributed by atoms with Crippen molar-refractivity contribution in [1.82, 2.24) is 9.88 Å². The van der Waals surface area contributed by atoms with Crippen molar-refractivity contribution in [2.45, 2.75) is 4.90 Å². The first-order chi connectivity index (χ1) is 17.4. The molecule has 4 aromatic rings. The van der Waals surface area contributed by atoms with Gasteiger partial charge in [0, 0.05) is 38.8 Å². The van der Waals surface area contributed by atoms with Crippen LogP contribution in [0.1, 0.15) is 10.4 Å². The van der Waals surface area contributed by atoms with Crippen LogP contribution in [0.5, 0.6) is 5.75 Å². The Balaban J connectivity index is 1.24. The Morgan fingerprint density at radius 3 is 2.33 bits per heavy atom. The fraction of sp³-hybridized carbons (Fsp3) is 0.231. The molecule has 36 heavy (non-hydrogen) atoms. The summed E-state index contributed by atoms with van der Waals surface area (Å²) >= 11 is 1.61. The molecule has 0 unspecified atom stereocenters. The fourth-order valence-electron chi connectivity index (χ4n) is 4.14. The summed E-state index contributed by atoms with van der Waals surface area (Å²) in [5.74, 6) is 0.697. The average molecular weight is 523 g/mol. The standard InChI is InChI=1S/C26H26N4O4S2/c1-28(20-6-4-3-5-7-20)36(32,33)22-11-8-19(9-12-22)25(31)29-14-16-30(17-15-29)26-27-23-13-10-21(34-2)18-24(23)35-26/h3-13,18H,14-17H2,1-2H3. The predicted molar refractivity (Wildman–Crippen MR) is 143 cm³/mol. The highest BCUT2D eigenvalue weighted by molar-refractivity contribution is 7.92. The summed E-state index contributed by atoms with van der Waals surface area (Å²) in [6.07, 6.45) is 0. The number of hydrogen-bond donors (Lipinski definition) is 0. The molecule has 1 aromatic heterocycles. The summed E-state index contributed by atoms with van der Waals surface area (Å²) in [5, 5.41) is 0.933. The Kier molecular flexibility index (Phi) is 6.55. The van der Waals surface area contributed by atoms with Crippen molar-refractivity contribution in [2.24, 2.45) is 0 Å². The number of methoxy groups -OCH3 is 1. The van der Waals surface area contributed by atoms with Gasteiger partial charge in [0.05, 0.1) is 27.9 Å². The first-order valence-electron chi connectivity index (χ1n) is 11.5. The zero-order valence-corrected chi connectivity index (χ0v) is 21.6. The number of fused-ring (bicyclic) bond motifs is 1. The monoisotopic (exact) mass is 522 g/mol. The number of carbonyl (C=O) groups is 1. The average Bonchev–Trinajstić information content (AvgIpc) is 3.36. The summed E-state index contributed by atoms with van der Waals surface area (Å²) in [4.78, 5) is 22.0. The molecule has 1 fully saturated rings. The van der Waals surface area contributed by atoms with Crippen molar-refractivity contribution >= 4 is 48.3 Å². The second kappa shape index (κ2) is 9.79. The molecule has 1 aliphatic rings. The molecular formula is C26H26N4O4S2. The number of piperazine rings is 1. The molecule has 8 nitrogen and oxygen atoms in total. The van der Waals surface area contributed by atoms with E-state index in [0.29, 0.717) is 37.4 Å². The van der Waals surface area contributed by atoms with Crippen LogP contribution in [0.15, 0.2) is 77.7 Å². The van der Waals surface area contributed by atoms with E-state index in [4.69, 9.17) is 9.72 Å². The van der Waals surface area contributed by atoms with E-state index in [-0.39, 0.29) is 10.8 Å². The van der Waals surface area contributed by atoms with Crippen molar-refractivity contribution in [3.63, 3.8) is 0 Å². The van der Waals surface area contributed by atoms with Gasteiger partial charge in [-0.3, -0.25) is 9.10 Å². The largest absolute Gasteiger partial charge is 0.497 e. The molecule has 5 rings (SSSR count). The molecule has 0 spiro atoms. The molecule has 0 aliphatic carbocycles. The predicted octanol–water partition coefficient (Wildman–Crippen LogP) is 4.09. The smallest absolute Gasteiger partial charge is 0.264 e. The van der Waals surface area contributed by atoms with Crippen LogP contribution in [0.2, 0.25) is 0 Å². The van der Waals surface area contributed by atoms with Gasteiger partial charge in [-0.1, -0.05) is 29.5 Å². The molecule has 1 saturated heterocycles. The number of ether oxygens (including phenoxy) is 1. The van der Waals surface area contributed by atoms with Gasteiger partial charge >= 0.3 is 0 Å². The number of sulfonamides is 1. The van der Waals surface area contributed by atoms with Gasteiger partial charge in [0.15, 0.2) is 5.13 Å². The molecule has 2 heterocycles. The number of hydrogen-bond acceptors (Lipinski definition) is 7. The summed E-state index contributed by atoms with van der Waals surface area (Å²) in [5.41, 5.74) is 1.97. The second-order valence-corrected chi connectivity index (χ2v) is 11.4. The topological polar surface area (TPSA) is 83.0 Å². The van der Waals surface area contributed by atoms with E-state index in [2.05, 4.69) is 4.90 Å². The van der Waals surface area contributed by atoms with Gasteiger partial charge in [-0.15, -0.1) is 0 Å². The van der Waals surface area contributed by atoms with E-state index in [9.17, 15) is 13.2 Å². The Morgan fingerprint density at radius 1 is 0.972 bits per heavy atom. The molecule has 3 aromatic carbocycles. The molecule has 1 aliphatic heterocycles. The van der Waals surface area contributed by atoms with Crippen molar-refractivity contribution in [1.29, 1.82) is 0 Å². The molecule has 1 amide bonds. The molecule has 0 bridgehead atoms. The van der Waals surface area contributed by atoms with Gasteiger partial charge < -0.3 is 14.5 Å². The minimum atomic E-state index is -3.72. The van der Waals surface area contributed by atoms with E-state index in [1.807, 2.05) is 24.3 Å². The highest BCUT2D eigenvalue weighted by Gasteiger charge is 2.25. The second-order valence-electron chi connectivity index (χ2n) is 8.44. The maximum Gasteiger partial charge on any atom is 0.264 e. The van der Waals surface area contributed by atoms with Crippen molar-refractivity contribution in [2.75, 3.05) is 49.5 Å². The molecule has 0 saturated carbocycles. The van der Waals surface area contributed by atoms with E-state index in [1.165, 1.54) is 23.5 Å². The summed E-state index contributed by atoms with van der Waals surface area (Å²) in [6.45, 7) is 2.48. The highest BCUT2D eigenvalue weighted by atomic mass is 32.2. The van der Waals surface area contributed by atoms with Crippen molar-refractivity contribution in [3.8, 4) is 5.75 Å². The fourth-order valence-corrected chi connectivity index (χ4v) is 6.38. The van der Waals surface area contributed by atoms with Crippen LogP contribution in [0.25, 0.3) is 10.2 Å². The number of carbonyl (C=O) groups excluding carboxylic acids is 1. The van der Waals surface area contributed by atoms with Gasteiger partial charge in [0.1, 0.15) is 5.75 Å². The van der Waals surface area contributed by atoms with Crippen LogP contribution in [0.4, 0.5) is 10.8 Å². The van der Waals surface area contributed by atoms with Crippen molar-refractivity contribution in [3.05, 3.63) is 78.4 Å². The van der Waals surface area contributed by atoms with E-state index in [1.54, 1.807) is 59.7 Å². The van der Waals surface area contributed by atoms with Crippen LogP contribution in [-0.2, 0) is 10.0 Å². The maximum absolute atomic E-state index is 13.1. The van der Waals surface area contributed by atoms with E-state index >= 15 is 0 Å². The highest BCUT2D eigenvalue weighted by Crippen LogP contribution is 2.32. The van der Waals surface area contributed by atoms with Crippen LogP contribution >= 0.6 is 11.3 Å². The normalized spacial score (nSPS) is 14.2. The summed E-state index contributed by atoms with van der Waals surface area (Å²) in [6, 6.07) is 20.9. The van der Waals surface area contributed by atoms with Gasteiger partial charge in [-0.05, 0) is 54.6 Å². The van der Waals surface area contributed by atoms with Crippen molar-refractivity contribution < 1.29 is 17.9 Å². The lowest BCUT2D eigenvalue weighted by Crippen LogP contribution is -2.48. The molecule has 186 valence electrons. The number of thiazole rings is 1. The van der Waals surface area contributed by atoms with Crippen LogP contribution in [-0.4, -0.2) is 64.5 Å². The third kappa shape index (κ3) is 4.61. The molecule has 0 N–H and O–H groups in total. The SMILES string of the molecule is COc1ccc2nc(N3CCN(C(=O)c4ccc(S(=O)(=O)N(C)c5ccccc5)cc4)CC3)sc2c1. The zero-order valence-electron chi connectivity index (χ0n) is 20.0. The van der Waals surface area contributed by atoms with Crippen LogP contribution in [0.3, 0.4) is 0 Å². The first kappa shape index (κ1) is 24.1. The van der Waals surface area contributed by atoms with Gasteiger partial charge in [-0.2, -0.15) is 0 Å². The number of nitrogens with zero attached hydrogens (tertiary/aromatic N) is 4.